The molecule has 0 aliphatic carbocycles. The zero-order valence-electron chi connectivity index (χ0n) is 1.61. The molecule has 0 fully saturated rings. The number of rotatable bonds is 0. The van der Waals surface area contributed by atoms with Gasteiger partial charge in [0.25, 0.3) is 0 Å². The van der Waals surface area contributed by atoms with Crippen LogP contribution in [0.5, 0.6) is 0 Å². The fraction of sp³-hybridized carbons (Fsp3) is 0. The van der Waals surface area contributed by atoms with Gasteiger partial charge in [-0.15, -0.1) is 0 Å². The van der Waals surface area contributed by atoms with E-state index in [2.05, 4.69) is 0 Å². The molecule has 0 rings (SSSR count). The molecule has 0 aliphatic rings. The third kappa shape index (κ3) is 36.4. The third-order valence-electron chi connectivity index (χ3n) is 0. The molecule has 0 bridgehead atoms. The second-order valence-corrected chi connectivity index (χ2v) is 0.208. The third-order valence-corrected chi connectivity index (χ3v) is 0. The summed E-state index contributed by atoms with van der Waals surface area (Å²) in [5.74, 6) is 0. The molecular formula is H2F2FeO. The van der Waals surface area contributed by atoms with Crippen LogP contribution in [0.2, 0.25) is 0 Å². The number of halogens is 2. The summed E-state index contributed by atoms with van der Waals surface area (Å²) in [6, 6.07) is 0. The molecule has 0 unspecified atom stereocenters. The fourth-order valence-electron chi connectivity index (χ4n) is 0. The quantitative estimate of drug-likeness (QED) is 0.395. The zero-order chi connectivity index (χ0) is 2.71. The van der Waals surface area contributed by atoms with Crippen molar-refractivity contribution in [2.24, 2.45) is 0 Å². The maximum atomic E-state index is 9.62. The van der Waals surface area contributed by atoms with Crippen molar-refractivity contribution in [1.82, 2.24) is 0 Å². The second kappa shape index (κ2) is 10.2. The Balaban J connectivity index is 0. The van der Waals surface area contributed by atoms with Crippen LogP contribution in [0.1, 0.15) is 0 Å². The summed E-state index contributed by atoms with van der Waals surface area (Å²) in [6.45, 7) is 0. The molecule has 1 nitrogen and oxygen atoms in total. The summed E-state index contributed by atoms with van der Waals surface area (Å²) in [7, 11) is 0. The summed E-state index contributed by atoms with van der Waals surface area (Å²) in [5.41, 5.74) is 0. The topological polar surface area (TPSA) is 31.5 Å². The van der Waals surface area contributed by atoms with Gasteiger partial charge in [0.15, 0.2) is 0 Å². The zero-order valence-corrected chi connectivity index (χ0v) is 2.71. The van der Waals surface area contributed by atoms with Gasteiger partial charge in [-0.3, -0.25) is 0 Å². The first-order chi connectivity index (χ1) is 1.41. The minimum absolute atomic E-state index is 0. The van der Waals surface area contributed by atoms with E-state index in [0.717, 1.165) is 0 Å². The molecule has 0 heterocycles. The van der Waals surface area contributed by atoms with Crippen LogP contribution in [-0.4, -0.2) is 5.48 Å². The van der Waals surface area contributed by atoms with Gasteiger partial charge in [-0.25, -0.2) is 0 Å². The van der Waals surface area contributed by atoms with Crippen LogP contribution in [0.3, 0.4) is 0 Å². The average Bonchev–Trinajstić information content (AvgIpc) is 0.918. The molecule has 0 saturated heterocycles. The number of hydrogen-bond donors (Lipinski definition) is 0. The molecule has 0 saturated carbocycles. The Kier molecular flexibility index (Phi) is 22.5. The first-order valence-corrected chi connectivity index (χ1v) is 1.10. The fourth-order valence-corrected chi connectivity index (χ4v) is 0. The van der Waals surface area contributed by atoms with Gasteiger partial charge >= 0.3 is 23.0 Å². The summed E-state index contributed by atoms with van der Waals surface area (Å²) < 4.78 is 19.2. The summed E-state index contributed by atoms with van der Waals surface area (Å²) in [6.07, 6.45) is 0. The van der Waals surface area contributed by atoms with E-state index < -0.39 is 15.9 Å². The van der Waals surface area contributed by atoms with E-state index in [4.69, 9.17) is 0 Å². The van der Waals surface area contributed by atoms with E-state index in [1.54, 1.807) is 0 Å². The van der Waals surface area contributed by atoms with Crippen molar-refractivity contribution >= 4 is 0 Å². The SMILES string of the molecule is O.[F][Fe][F]. The average molecular weight is 112 g/mol. The second-order valence-electron chi connectivity index (χ2n) is 0.0505. The van der Waals surface area contributed by atoms with Crippen molar-refractivity contribution in [2.45, 2.75) is 0 Å². The Morgan fingerprint density at radius 2 is 1.25 bits per heavy atom. The molecule has 0 spiro atoms. The Hall–Kier alpha value is 0.339. The van der Waals surface area contributed by atoms with Crippen molar-refractivity contribution in [1.29, 1.82) is 0 Å². The number of hydrogen-bond acceptors (Lipinski definition) is 0. The molecule has 0 aromatic carbocycles. The Morgan fingerprint density at radius 1 is 1.25 bits per heavy atom. The monoisotopic (exact) mass is 112 g/mol. The molecule has 0 aromatic heterocycles. The molecule has 30 valence electrons. The summed E-state index contributed by atoms with van der Waals surface area (Å²) >= 11 is -1.75. The van der Waals surface area contributed by atoms with Gasteiger partial charge < -0.3 is 5.48 Å². The van der Waals surface area contributed by atoms with Crippen molar-refractivity contribution in [3.63, 3.8) is 0 Å². The van der Waals surface area contributed by atoms with Gasteiger partial charge in [-0.1, -0.05) is 0 Å². The Bertz CT molecular complexity index is 6.00. The molecule has 2 N–H and O–H groups in total. The minimum atomic E-state index is -1.75. The molecule has 0 amide bonds. The van der Waals surface area contributed by atoms with Gasteiger partial charge in [0, 0.05) is 0 Å². The van der Waals surface area contributed by atoms with Gasteiger partial charge in [0.2, 0.25) is 0 Å². The van der Waals surface area contributed by atoms with Crippen LogP contribution in [0, 0.1) is 0 Å². The van der Waals surface area contributed by atoms with E-state index in [1.807, 2.05) is 0 Å². The van der Waals surface area contributed by atoms with E-state index in [1.165, 1.54) is 0 Å². The van der Waals surface area contributed by atoms with E-state index in [-0.39, 0.29) is 5.48 Å². The van der Waals surface area contributed by atoms with Crippen LogP contribution in [-0.2, 0) is 15.9 Å². The van der Waals surface area contributed by atoms with Crippen molar-refractivity contribution in [3.8, 4) is 0 Å². The molecule has 0 aromatic rings. The molecule has 0 aliphatic heterocycles. The van der Waals surface area contributed by atoms with Crippen molar-refractivity contribution in [2.75, 3.05) is 0 Å². The van der Waals surface area contributed by atoms with Gasteiger partial charge in [0.1, 0.15) is 0 Å². The molecular weight excluding hydrogens is 110 g/mol. The van der Waals surface area contributed by atoms with Gasteiger partial charge in [-0.05, 0) is 0 Å². The predicted molar refractivity (Wildman–Crippen MR) is 5.83 cm³/mol. The molecule has 0 radical (unpaired) electrons. The first kappa shape index (κ1) is 8.84. The first-order valence-electron chi connectivity index (χ1n) is 0.267. The molecule has 4 heteroatoms. The van der Waals surface area contributed by atoms with Crippen LogP contribution in [0.15, 0.2) is 0 Å². The summed E-state index contributed by atoms with van der Waals surface area (Å²) in [5, 5.41) is 0. The van der Waals surface area contributed by atoms with Crippen LogP contribution < -0.4 is 0 Å². The molecule has 4 heavy (non-hydrogen) atoms. The van der Waals surface area contributed by atoms with Gasteiger partial charge in [0.05, 0.1) is 0 Å². The van der Waals surface area contributed by atoms with Crippen LogP contribution >= 0.6 is 0 Å². The van der Waals surface area contributed by atoms with Gasteiger partial charge in [-0.2, -0.15) is 0 Å². The van der Waals surface area contributed by atoms with E-state index >= 15 is 0 Å². The Morgan fingerprint density at radius 3 is 1.25 bits per heavy atom. The summed E-state index contributed by atoms with van der Waals surface area (Å²) in [4.78, 5) is 0. The Labute approximate surface area is 29.4 Å². The maximum absolute atomic E-state index is 9.62. The normalized spacial score (nSPS) is 5.50. The van der Waals surface area contributed by atoms with Crippen molar-refractivity contribution in [3.05, 3.63) is 0 Å². The predicted octanol–water partition coefficient (Wildman–Crippen LogP) is 0.0132. The van der Waals surface area contributed by atoms with Crippen LogP contribution in [0.25, 0.3) is 0 Å². The molecule has 0 atom stereocenters. The van der Waals surface area contributed by atoms with Crippen LogP contribution in [0.4, 0.5) is 7.10 Å². The van der Waals surface area contributed by atoms with Crippen molar-refractivity contribution < 1.29 is 28.4 Å². The standard InChI is InChI=1S/2FH.Fe.H2O/h2*1H;;1H2/q;;+2;/p-2. The van der Waals surface area contributed by atoms with E-state index in [0.29, 0.717) is 0 Å². The van der Waals surface area contributed by atoms with E-state index in [9.17, 15) is 7.10 Å².